The van der Waals surface area contributed by atoms with E-state index in [4.69, 9.17) is 14.5 Å². The van der Waals surface area contributed by atoms with Gasteiger partial charge in [-0.25, -0.2) is 16.0 Å². The van der Waals surface area contributed by atoms with E-state index in [1.165, 1.54) is 14.2 Å². The fraction of sp³-hybridized carbons (Fsp3) is 0.700. The molecule has 1 rings (SSSR count). The molecule has 0 bridgehead atoms. The highest BCUT2D eigenvalue weighted by atomic mass is 16.7. The van der Waals surface area contributed by atoms with Crippen molar-refractivity contribution in [2.24, 2.45) is 5.92 Å². The van der Waals surface area contributed by atoms with Crippen molar-refractivity contribution >= 4 is 17.8 Å². The lowest BCUT2D eigenvalue weighted by Gasteiger charge is -2.22. The number of anilines is 3. The van der Waals surface area contributed by atoms with Crippen LogP contribution in [-0.4, -0.2) is 42.8 Å². The Balaban J connectivity index is 3.01. The molecule has 0 atom stereocenters. The van der Waals surface area contributed by atoms with E-state index in [-0.39, 0.29) is 11.9 Å². The molecule has 9 heteroatoms. The Hall–Kier alpha value is -1.71. The van der Waals surface area contributed by atoms with Crippen LogP contribution in [0.1, 0.15) is 13.8 Å². The lowest BCUT2D eigenvalue weighted by Crippen LogP contribution is -2.29. The van der Waals surface area contributed by atoms with E-state index >= 15 is 0 Å². The van der Waals surface area contributed by atoms with Crippen molar-refractivity contribution in [2.45, 2.75) is 13.8 Å². The van der Waals surface area contributed by atoms with E-state index in [1.54, 1.807) is 12.2 Å². The highest BCUT2D eigenvalue weighted by Crippen LogP contribution is 2.15. The van der Waals surface area contributed by atoms with Crippen LogP contribution in [0.5, 0.6) is 0 Å². The summed E-state index contributed by atoms with van der Waals surface area (Å²) < 4.78 is 0. The maximum Gasteiger partial charge on any atom is 0.256 e. The van der Waals surface area contributed by atoms with Gasteiger partial charge in [-0.15, -0.1) is 0 Å². The quantitative estimate of drug-likeness (QED) is 0.667. The third-order valence-corrected chi connectivity index (χ3v) is 1.98. The summed E-state index contributed by atoms with van der Waals surface area (Å²) >= 11 is 0. The molecule has 19 heavy (non-hydrogen) atoms. The molecule has 2 N–H and O–H groups in total. The zero-order valence-electron chi connectivity index (χ0n) is 11.8. The zero-order valence-corrected chi connectivity index (χ0v) is 11.8. The number of aromatic nitrogens is 3. The summed E-state index contributed by atoms with van der Waals surface area (Å²) in [6.45, 7) is 4.77. The first kappa shape index (κ1) is 15.3. The van der Waals surface area contributed by atoms with Crippen LogP contribution >= 0.6 is 0 Å². The second-order valence-electron chi connectivity index (χ2n) is 4.03. The van der Waals surface area contributed by atoms with Gasteiger partial charge in [0.05, 0.1) is 27.9 Å². The van der Waals surface area contributed by atoms with Crippen molar-refractivity contribution < 1.29 is 14.5 Å². The maximum absolute atomic E-state index is 5.26. The van der Waals surface area contributed by atoms with Gasteiger partial charge < -0.3 is 0 Å². The van der Waals surface area contributed by atoms with Crippen molar-refractivity contribution in [1.82, 2.24) is 15.0 Å². The van der Waals surface area contributed by atoms with Gasteiger partial charge in [-0.05, 0) is 5.92 Å². The van der Waals surface area contributed by atoms with Gasteiger partial charge in [0.25, 0.3) is 17.8 Å². The molecule has 1 heterocycles. The molecule has 0 spiro atoms. The Labute approximate surface area is 112 Å². The molecule has 0 radical (unpaired) electrons. The Morgan fingerprint density at radius 2 is 1.53 bits per heavy atom. The van der Waals surface area contributed by atoms with Crippen LogP contribution in [0.4, 0.5) is 17.8 Å². The predicted octanol–water partition coefficient (Wildman–Crippen LogP) is 0.842. The molecular formula is C10H20N6O3. The Bertz CT molecular complexity index is 365. The first-order valence-corrected chi connectivity index (χ1v) is 5.76. The Kier molecular flexibility index (Phi) is 6.19. The summed E-state index contributed by atoms with van der Waals surface area (Å²) in [7, 11) is 4.49. The molecule has 0 aliphatic heterocycles. The number of hydrogen-bond donors (Lipinski definition) is 2. The molecule has 108 valence electrons. The first-order chi connectivity index (χ1) is 9.10. The van der Waals surface area contributed by atoms with Crippen LogP contribution in [0.3, 0.4) is 0 Å². The molecule has 0 amide bonds. The van der Waals surface area contributed by atoms with Gasteiger partial charge in [0, 0.05) is 0 Å². The molecule has 0 aliphatic rings. The smallest absolute Gasteiger partial charge is 0.256 e. The molecule has 0 saturated heterocycles. The summed E-state index contributed by atoms with van der Waals surface area (Å²) in [6.07, 6.45) is 0. The Morgan fingerprint density at radius 1 is 1.00 bits per heavy atom. The summed E-state index contributed by atoms with van der Waals surface area (Å²) in [5.74, 6) is 1.23. The van der Waals surface area contributed by atoms with Crippen molar-refractivity contribution in [3.05, 3.63) is 0 Å². The normalized spacial score (nSPS) is 10.6. The van der Waals surface area contributed by atoms with Crippen LogP contribution in [0.15, 0.2) is 0 Å². The van der Waals surface area contributed by atoms with E-state index in [0.717, 1.165) is 0 Å². The predicted molar refractivity (Wildman–Crippen MR) is 70.3 cm³/mol. The second-order valence-corrected chi connectivity index (χ2v) is 4.03. The molecule has 0 aromatic carbocycles. The van der Waals surface area contributed by atoms with Crippen LogP contribution in [-0.2, 0) is 14.5 Å². The molecule has 0 aliphatic carbocycles. The number of hydrogen-bond acceptors (Lipinski definition) is 9. The molecule has 1 aromatic rings. The minimum Gasteiger partial charge on any atom is -0.277 e. The molecule has 9 nitrogen and oxygen atoms in total. The van der Waals surface area contributed by atoms with Gasteiger partial charge >= 0.3 is 0 Å². The molecule has 0 unspecified atom stereocenters. The zero-order chi connectivity index (χ0) is 14.3. The van der Waals surface area contributed by atoms with Gasteiger partial charge in [-0.2, -0.15) is 15.0 Å². The average molecular weight is 272 g/mol. The van der Waals surface area contributed by atoms with E-state index in [2.05, 4.69) is 39.8 Å². The molecule has 1 aromatic heterocycles. The molecule has 0 fully saturated rings. The lowest BCUT2D eigenvalue weighted by atomic mass is 10.2. The topological polar surface area (TPSA) is 93.7 Å². The summed E-state index contributed by atoms with van der Waals surface area (Å²) in [5.41, 5.74) is 5.08. The fourth-order valence-corrected chi connectivity index (χ4v) is 1.32. The minimum absolute atomic E-state index is 0.248. The van der Waals surface area contributed by atoms with E-state index < -0.39 is 0 Å². The second kappa shape index (κ2) is 7.67. The van der Waals surface area contributed by atoms with Crippen LogP contribution in [0.2, 0.25) is 0 Å². The van der Waals surface area contributed by atoms with Gasteiger partial charge in [0.1, 0.15) is 0 Å². The van der Waals surface area contributed by atoms with Gasteiger partial charge in [-0.1, -0.05) is 13.8 Å². The fourth-order valence-electron chi connectivity index (χ4n) is 1.32. The SMILES string of the molecule is CONc1nc(NOC)nc(N(CC(C)C)OC)n1. The van der Waals surface area contributed by atoms with Crippen molar-refractivity contribution in [2.75, 3.05) is 43.9 Å². The summed E-state index contributed by atoms with van der Waals surface area (Å²) in [5, 5.41) is 1.56. The van der Waals surface area contributed by atoms with Gasteiger partial charge in [0.15, 0.2) is 0 Å². The summed E-state index contributed by atoms with van der Waals surface area (Å²) in [4.78, 5) is 27.2. The van der Waals surface area contributed by atoms with Crippen molar-refractivity contribution in [1.29, 1.82) is 0 Å². The number of hydroxylamine groups is 1. The average Bonchev–Trinajstić information content (AvgIpc) is 2.36. The maximum atomic E-state index is 5.26. The molecule has 0 saturated carbocycles. The minimum atomic E-state index is 0.248. The van der Waals surface area contributed by atoms with Crippen LogP contribution in [0.25, 0.3) is 0 Å². The highest BCUT2D eigenvalue weighted by molar-refractivity contribution is 5.40. The third-order valence-electron chi connectivity index (χ3n) is 1.98. The first-order valence-electron chi connectivity index (χ1n) is 5.76. The summed E-state index contributed by atoms with van der Waals surface area (Å²) in [6, 6.07) is 0. The number of nitrogens with zero attached hydrogens (tertiary/aromatic N) is 4. The highest BCUT2D eigenvalue weighted by Gasteiger charge is 2.15. The standard InChI is InChI=1S/C10H20N6O3/c1-7(2)6-16(19-5)10-12-8(14-17-3)11-9(13-10)15-18-4/h7H,6H2,1-5H3,(H2,11,12,13,14,15). The van der Waals surface area contributed by atoms with Crippen LogP contribution in [0, 0.1) is 5.92 Å². The molecular weight excluding hydrogens is 252 g/mol. The van der Waals surface area contributed by atoms with E-state index in [0.29, 0.717) is 18.4 Å². The number of nitrogens with one attached hydrogen (secondary N) is 2. The van der Waals surface area contributed by atoms with Crippen molar-refractivity contribution in [3.8, 4) is 0 Å². The van der Waals surface area contributed by atoms with Gasteiger partial charge in [-0.3, -0.25) is 14.5 Å². The van der Waals surface area contributed by atoms with Crippen molar-refractivity contribution in [3.63, 3.8) is 0 Å². The van der Waals surface area contributed by atoms with Crippen LogP contribution < -0.4 is 16.0 Å². The monoisotopic (exact) mass is 272 g/mol. The lowest BCUT2D eigenvalue weighted by molar-refractivity contribution is 0.153. The largest absolute Gasteiger partial charge is 0.277 e. The van der Waals surface area contributed by atoms with E-state index in [9.17, 15) is 0 Å². The Morgan fingerprint density at radius 3 is 1.89 bits per heavy atom. The van der Waals surface area contributed by atoms with Gasteiger partial charge in [0.2, 0.25) is 0 Å². The third kappa shape index (κ3) is 4.81. The number of rotatable bonds is 8. The van der Waals surface area contributed by atoms with E-state index in [1.807, 2.05) is 0 Å².